The third-order valence-electron chi connectivity index (χ3n) is 3.13. The first kappa shape index (κ1) is 6.66. The van der Waals surface area contributed by atoms with E-state index in [1.165, 1.54) is 38.5 Å². The summed E-state index contributed by atoms with van der Waals surface area (Å²) in [6, 6.07) is 0.529. The van der Waals surface area contributed by atoms with Crippen LogP contribution in [0.3, 0.4) is 0 Å². The van der Waals surface area contributed by atoms with Gasteiger partial charge in [-0.25, -0.2) is 0 Å². The van der Waals surface area contributed by atoms with Crippen molar-refractivity contribution in [2.24, 2.45) is 17.6 Å². The second-order valence-corrected chi connectivity index (χ2v) is 4.02. The molecule has 0 aromatic rings. The number of hydrogen-bond donors (Lipinski definition) is 1. The maximum atomic E-state index is 5.88. The van der Waals surface area contributed by atoms with Gasteiger partial charge >= 0.3 is 0 Å². The lowest BCUT2D eigenvalue weighted by atomic mass is 9.98. The van der Waals surface area contributed by atoms with Gasteiger partial charge in [0.15, 0.2) is 0 Å². The van der Waals surface area contributed by atoms with Crippen molar-refractivity contribution in [1.82, 2.24) is 0 Å². The second kappa shape index (κ2) is 2.54. The molecular formula is C9H17N. The number of nitrogens with two attached hydrogens (primary N) is 1. The van der Waals surface area contributed by atoms with E-state index < -0.39 is 0 Å². The molecule has 3 atom stereocenters. The van der Waals surface area contributed by atoms with Gasteiger partial charge < -0.3 is 5.73 Å². The van der Waals surface area contributed by atoms with Gasteiger partial charge in [0.25, 0.3) is 0 Å². The molecule has 2 aliphatic carbocycles. The minimum atomic E-state index is 0.529. The van der Waals surface area contributed by atoms with Crippen LogP contribution < -0.4 is 5.73 Å². The largest absolute Gasteiger partial charge is 0.328 e. The molecule has 2 saturated carbocycles. The zero-order valence-corrected chi connectivity index (χ0v) is 6.55. The molecule has 0 heterocycles. The van der Waals surface area contributed by atoms with Crippen molar-refractivity contribution in [1.29, 1.82) is 0 Å². The summed E-state index contributed by atoms with van der Waals surface area (Å²) in [4.78, 5) is 0. The number of fused-ring (bicyclic) bond motifs is 1. The maximum absolute atomic E-state index is 5.88. The van der Waals surface area contributed by atoms with Crippen LogP contribution in [0.1, 0.15) is 38.5 Å². The fourth-order valence-electron chi connectivity index (χ4n) is 2.23. The normalized spacial score (nSPS) is 47.1. The Morgan fingerprint density at radius 1 is 0.900 bits per heavy atom. The van der Waals surface area contributed by atoms with Crippen LogP contribution in [0.5, 0.6) is 0 Å². The molecule has 2 N–H and O–H groups in total. The van der Waals surface area contributed by atoms with E-state index in [9.17, 15) is 0 Å². The van der Waals surface area contributed by atoms with Gasteiger partial charge in [-0.05, 0) is 37.5 Å². The van der Waals surface area contributed by atoms with E-state index in [2.05, 4.69) is 0 Å². The Morgan fingerprint density at radius 2 is 1.70 bits per heavy atom. The van der Waals surface area contributed by atoms with Crippen LogP contribution in [0.2, 0.25) is 0 Å². The molecule has 58 valence electrons. The molecule has 2 fully saturated rings. The maximum Gasteiger partial charge on any atom is 0.00389 e. The lowest BCUT2D eigenvalue weighted by Crippen LogP contribution is -2.20. The van der Waals surface area contributed by atoms with Crippen molar-refractivity contribution in [2.45, 2.75) is 44.6 Å². The van der Waals surface area contributed by atoms with Crippen LogP contribution >= 0.6 is 0 Å². The Balaban J connectivity index is 1.83. The monoisotopic (exact) mass is 139 g/mol. The highest BCUT2D eigenvalue weighted by atomic mass is 14.6. The summed E-state index contributed by atoms with van der Waals surface area (Å²) in [5.41, 5.74) is 5.88. The van der Waals surface area contributed by atoms with Gasteiger partial charge in [-0.3, -0.25) is 0 Å². The SMILES string of the molecule is N[C@@H]1CCC[C@H]2C[C@@H]2CC1. The molecule has 0 amide bonds. The van der Waals surface area contributed by atoms with Crippen molar-refractivity contribution in [3.63, 3.8) is 0 Å². The van der Waals surface area contributed by atoms with E-state index in [0.29, 0.717) is 6.04 Å². The predicted octanol–water partition coefficient (Wildman–Crippen LogP) is 1.91. The fourth-order valence-corrected chi connectivity index (χ4v) is 2.23. The number of rotatable bonds is 0. The van der Waals surface area contributed by atoms with Gasteiger partial charge in [0.2, 0.25) is 0 Å². The summed E-state index contributed by atoms with van der Waals surface area (Å²) < 4.78 is 0. The first-order chi connectivity index (χ1) is 4.86. The molecule has 0 spiro atoms. The predicted molar refractivity (Wildman–Crippen MR) is 42.7 cm³/mol. The summed E-state index contributed by atoms with van der Waals surface area (Å²) in [6.45, 7) is 0. The smallest absolute Gasteiger partial charge is 0.00389 e. The molecule has 0 aromatic carbocycles. The Hall–Kier alpha value is -0.0400. The van der Waals surface area contributed by atoms with E-state index in [1.54, 1.807) is 0 Å². The van der Waals surface area contributed by atoms with Crippen LogP contribution in [0, 0.1) is 11.8 Å². The van der Waals surface area contributed by atoms with Crippen molar-refractivity contribution in [2.75, 3.05) is 0 Å². The highest BCUT2D eigenvalue weighted by Crippen LogP contribution is 2.46. The molecule has 0 radical (unpaired) electrons. The zero-order valence-electron chi connectivity index (χ0n) is 6.55. The van der Waals surface area contributed by atoms with Gasteiger partial charge in [0.1, 0.15) is 0 Å². The molecule has 10 heavy (non-hydrogen) atoms. The minimum Gasteiger partial charge on any atom is -0.328 e. The molecule has 0 aliphatic heterocycles. The molecule has 0 unspecified atom stereocenters. The average molecular weight is 139 g/mol. The highest BCUT2D eigenvalue weighted by molar-refractivity contribution is 4.88. The van der Waals surface area contributed by atoms with E-state index in [0.717, 1.165) is 11.8 Å². The van der Waals surface area contributed by atoms with E-state index in [-0.39, 0.29) is 0 Å². The standard InChI is InChI=1S/C9H17N/c10-9-3-1-2-7-6-8(7)4-5-9/h7-9H,1-6,10H2/t7-,8-,9+/m0/s1. The average Bonchev–Trinajstić information content (AvgIpc) is 2.59. The molecule has 0 saturated heterocycles. The van der Waals surface area contributed by atoms with Crippen LogP contribution in [-0.2, 0) is 0 Å². The highest BCUT2D eigenvalue weighted by Gasteiger charge is 2.36. The van der Waals surface area contributed by atoms with Crippen LogP contribution in [0.4, 0.5) is 0 Å². The van der Waals surface area contributed by atoms with E-state index in [4.69, 9.17) is 5.73 Å². The van der Waals surface area contributed by atoms with Crippen molar-refractivity contribution in [3.05, 3.63) is 0 Å². The Kier molecular flexibility index (Phi) is 1.69. The van der Waals surface area contributed by atoms with Gasteiger partial charge in [-0.2, -0.15) is 0 Å². The lowest BCUT2D eigenvalue weighted by molar-refractivity contribution is 0.440. The van der Waals surface area contributed by atoms with Gasteiger partial charge in [0.05, 0.1) is 0 Å². The molecular weight excluding hydrogens is 122 g/mol. The fraction of sp³-hybridized carbons (Fsp3) is 1.00. The Bertz CT molecular complexity index is 120. The van der Waals surface area contributed by atoms with Gasteiger partial charge in [0, 0.05) is 6.04 Å². The Labute approximate surface area is 63.0 Å². The van der Waals surface area contributed by atoms with Gasteiger partial charge in [-0.15, -0.1) is 0 Å². The second-order valence-electron chi connectivity index (χ2n) is 4.02. The lowest BCUT2D eigenvalue weighted by Gasteiger charge is -2.13. The van der Waals surface area contributed by atoms with E-state index >= 15 is 0 Å². The van der Waals surface area contributed by atoms with E-state index in [1.807, 2.05) is 0 Å². The van der Waals surface area contributed by atoms with Crippen molar-refractivity contribution in [3.8, 4) is 0 Å². The first-order valence-electron chi connectivity index (χ1n) is 4.62. The van der Waals surface area contributed by atoms with Gasteiger partial charge in [-0.1, -0.05) is 12.8 Å². The zero-order chi connectivity index (χ0) is 6.97. The summed E-state index contributed by atoms with van der Waals surface area (Å²) >= 11 is 0. The Morgan fingerprint density at radius 3 is 2.60 bits per heavy atom. The first-order valence-corrected chi connectivity index (χ1v) is 4.62. The quantitative estimate of drug-likeness (QED) is 0.545. The summed E-state index contributed by atoms with van der Waals surface area (Å²) in [5, 5.41) is 0. The van der Waals surface area contributed by atoms with Crippen LogP contribution in [0.15, 0.2) is 0 Å². The van der Waals surface area contributed by atoms with Crippen molar-refractivity contribution < 1.29 is 0 Å². The summed E-state index contributed by atoms with van der Waals surface area (Å²) in [6.07, 6.45) is 8.38. The topological polar surface area (TPSA) is 26.0 Å². The van der Waals surface area contributed by atoms with Crippen LogP contribution in [0.25, 0.3) is 0 Å². The molecule has 1 nitrogen and oxygen atoms in total. The third-order valence-corrected chi connectivity index (χ3v) is 3.13. The van der Waals surface area contributed by atoms with Crippen molar-refractivity contribution >= 4 is 0 Å². The third kappa shape index (κ3) is 1.34. The number of hydrogen-bond acceptors (Lipinski definition) is 1. The molecule has 2 aliphatic rings. The minimum absolute atomic E-state index is 0.529. The molecule has 2 rings (SSSR count). The summed E-state index contributed by atoms with van der Waals surface area (Å²) in [7, 11) is 0. The molecule has 0 aromatic heterocycles. The molecule has 0 bridgehead atoms. The summed E-state index contributed by atoms with van der Waals surface area (Å²) in [5.74, 6) is 2.21. The molecule has 1 heteroatoms. The van der Waals surface area contributed by atoms with Crippen LogP contribution in [-0.4, -0.2) is 6.04 Å².